The van der Waals surface area contributed by atoms with E-state index in [0.29, 0.717) is 6.54 Å². The maximum absolute atomic E-state index is 13.1. The minimum Gasteiger partial charge on any atom is -0.395 e. The molecule has 1 heterocycles. The molecule has 0 radical (unpaired) electrons. The third-order valence-electron chi connectivity index (χ3n) is 5.74. The first-order valence-electron chi connectivity index (χ1n) is 9.62. The predicted octanol–water partition coefficient (Wildman–Crippen LogP) is 0.306. The number of carbonyl (C=O) groups excluding carboxylic acids is 3. The molecule has 1 aliphatic carbocycles. The predicted molar refractivity (Wildman–Crippen MR) is 104 cm³/mol. The van der Waals surface area contributed by atoms with Gasteiger partial charge in [-0.1, -0.05) is 49.4 Å². The Bertz CT molecular complexity index is 764. The number of hydrogen-bond donors (Lipinski definition) is 3. The third kappa shape index (κ3) is 3.67. The molecule has 3 rings (SSSR count). The molecule has 5 atom stereocenters. The summed E-state index contributed by atoms with van der Waals surface area (Å²) >= 11 is 0. The van der Waals surface area contributed by atoms with Crippen LogP contribution in [-0.2, 0) is 20.9 Å². The van der Waals surface area contributed by atoms with Crippen molar-refractivity contribution in [2.75, 3.05) is 20.2 Å². The number of aliphatic hydroxyl groups excluding tert-OH is 1. The highest BCUT2D eigenvalue weighted by Gasteiger charge is 2.56. The molecule has 1 saturated heterocycles. The van der Waals surface area contributed by atoms with Gasteiger partial charge in [0.15, 0.2) is 0 Å². The maximum atomic E-state index is 13.1. The number of β-amino-alcohol motifs (C(OH)–C–C–N with tert-alkyl or cyclic N) is 1. The minimum atomic E-state index is -0.732. The van der Waals surface area contributed by atoms with E-state index in [4.69, 9.17) is 0 Å². The largest absolute Gasteiger partial charge is 0.395 e. The molecule has 1 fully saturated rings. The molecule has 0 bridgehead atoms. The van der Waals surface area contributed by atoms with Gasteiger partial charge in [-0.05, 0) is 11.5 Å². The van der Waals surface area contributed by atoms with E-state index in [1.165, 1.54) is 4.90 Å². The first-order valence-corrected chi connectivity index (χ1v) is 9.62. The van der Waals surface area contributed by atoms with Crippen molar-refractivity contribution in [3.8, 4) is 0 Å². The van der Waals surface area contributed by atoms with Crippen molar-refractivity contribution < 1.29 is 19.5 Å². The number of benzene rings is 1. The Labute approximate surface area is 164 Å². The number of nitrogens with zero attached hydrogens (tertiary/aromatic N) is 1. The Balaban J connectivity index is 1.86. The lowest BCUT2D eigenvalue weighted by molar-refractivity contribution is -0.141. The van der Waals surface area contributed by atoms with E-state index >= 15 is 0 Å². The van der Waals surface area contributed by atoms with E-state index in [0.717, 1.165) is 5.56 Å². The van der Waals surface area contributed by atoms with Gasteiger partial charge in [0.1, 0.15) is 6.04 Å². The smallest absolute Gasteiger partial charge is 0.243 e. The maximum Gasteiger partial charge on any atom is 0.243 e. The average Bonchev–Trinajstić information content (AvgIpc) is 2.99. The average molecular weight is 385 g/mol. The molecule has 3 N–H and O–H groups in total. The van der Waals surface area contributed by atoms with Gasteiger partial charge in [0.25, 0.3) is 0 Å². The molecule has 0 saturated carbocycles. The first-order chi connectivity index (χ1) is 13.5. The molecule has 3 amide bonds. The summed E-state index contributed by atoms with van der Waals surface area (Å²) in [5.41, 5.74) is 0.960. The van der Waals surface area contributed by atoms with E-state index in [-0.39, 0.29) is 36.8 Å². The van der Waals surface area contributed by atoms with Crippen LogP contribution >= 0.6 is 0 Å². The highest BCUT2D eigenvalue weighted by molar-refractivity contribution is 5.96. The van der Waals surface area contributed by atoms with Crippen LogP contribution < -0.4 is 10.6 Å². The monoisotopic (exact) mass is 385 g/mol. The number of allylic oxidation sites excluding steroid dienone is 1. The van der Waals surface area contributed by atoms with Gasteiger partial charge in [-0.3, -0.25) is 14.4 Å². The van der Waals surface area contributed by atoms with Crippen LogP contribution in [0.1, 0.15) is 12.5 Å². The van der Waals surface area contributed by atoms with Crippen molar-refractivity contribution >= 4 is 17.7 Å². The summed E-state index contributed by atoms with van der Waals surface area (Å²) < 4.78 is 0. The zero-order chi connectivity index (χ0) is 20.3. The lowest BCUT2D eigenvalue weighted by Crippen LogP contribution is -2.48. The molecule has 7 heteroatoms. The quantitative estimate of drug-likeness (QED) is 0.614. The van der Waals surface area contributed by atoms with Gasteiger partial charge in [-0.25, -0.2) is 0 Å². The summed E-state index contributed by atoms with van der Waals surface area (Å²) in [7, 11) is 1.55. The summed E-state index contributed by atoms with van der Waals surface area (Å²) in [5.74, 6) is -2.34. The number of aliphatic hydroxyl groups is 1. The van der Waals surface area contributed by atoms with Gasteiger partial charge >= 0.3 is 0 Å². The normalized spacial score (nSPS) is 28.8. The fourth-order valence-electron chi connectivity index (χ4n) is 4.40. The molecule has 0 aromatic heterocycles. The number of fused-ring (bicyclic) bond motifs is 1. The molecule has 7 nitrogen and oxygen atoms in total. The molecule has 1 aromatic rings. The van der Waals surface area contributed by atoms with Crippen LogP contribution in [0, 0.1) is 23.7 Å². The summed E-state index contributed by atoms with van der Waals surface area (Å²) in [6.45, 7) is 2.09. The molecule has 0 unspecified atom stereocenters. The topological polar surface area (TPSA) is 98.7 Å². The second-order valence-corrected chi connectivity index (χ2v) is 7.39. The van der Waals surface area contributed by atoms with E-state index in [2.05, 4.69) is 10.6 Å². The zero-order valence-corrected chi connectivity index (χ0v) is 16.2. The van der Waals surface area contributed by atoms with Crippen LogP contribution in [-0.4, -0.2) is 54.0 Å². The van der Waals surface area contributed by atoms with Crippen molar-refractivity contribution in [1.82, 2.24) is 15.5 Å². The Morgan fingerprint density at radius 3 is 2.50 bits per heavy atom. The molecular weight excluding hydrogens is 358 g/mol. The standard InChI is InChI=1S/C21H27N3O4/c1-13-8-9-15-17(16(13)19(26)22-2)21(28)24(10-11-25)18(15)20(27)23-12-14-6-4-3-5-7-14/h3-9,13,15-18,25H,10-12H2,1-2H3,(H,22,26)(H,23,27)/t13-,15+,16-,17+,18+/m1/s1. The van der Waals surface area contributed by atoms with E-state index in [9.17, 15) is 19.5 Å². The van der Waals surface area contributed by atoms with Crippen LogP contribution in [0.15, 0.2) is 42.5 Å². The SMILES string of the molecule is CNC(=O)[C@H]1[C@H]2C(=O)N(CCO)[C@H](C(=O)NCc3ccccc3)[C@H]2C=C[C@H]1C. The number of carbonyl (C=O) groups is 3. The fourth-order valence-corrected chi connectivity index (χ4v) is 4.40. The minimum absolute atomic E-state index is 0.0674. The van der Waals surface area contributed by atoms with Gasteiger partial charge in [0.05, 0.1) is 18.4 Å². The number of hydrogen-bond acceptors (Lipinski definition) is 4. The summed E-state index contributed by atoms with van der Waals surface area (Å²) in [6, 6.07) is 8.80. The van der Waals surface area contributed by atoms with Gasteiger partial charge in [0.2, 0.25) is 17.7 Å². The van der Waals surface area contributed by atoms with E-state index < -0.39 is 23.8 Å². The molecule has 1 aliphatic heterocycles. The second-order valence-electron chi connectivity index (χ2n) is 7.39. The Kier molecular flexibility index (Phi) is 6.14. The van der Waals surface area contributed by atoms with Crippen LogP contribution in [0.5, 0.6) is 0 Å². The second kappa shape index (κ2) is 8.56. The van der Waals surface area contributed by atoms with E-state index in [1.54, 1.807) is 7.05 Å². The van der Waals surface area contributed by atoms with Gasteiger partial charge < -0.3 is 20.6 Å². The fraction of sp³-hybridized carbons (Fsp3) is 0.476. The Morgan fingerprint density at radius 1 is 1.14 bits per heavy atom. The van der Waals surface area contributed by atoms with Crippen LogP contribution in [0.25, 0.3) is 0 Å². The van der Waals surface area contributed by atoms with Crippen molar-refractivity contribution in [3.63, 3.8) is 0 Å². The van der Waals surface area contributed by atoms with Crippen LogP contribution in [0.3, 0.4) is 0 Å². The number of nitrogens with one attached hydrogen (secondary N) is 2. The third-order valence-corrected chi connectivity index (χ3v) is 5.74. The molecule has 150 valence electrons. The Hall–Kier alpha value is -2.67. The van der Waals surface area contributed by atoms with Crippen molar-refractivity contribution in [1.29, 1.82) is 0 Å². The molecule has 28 heavy (non-hydrogen) atoms. The van der Waals surface area contributed by atoms with Gasteiger partial charge in [-0.2, -0.15) is 0 Å². The lowest BCUT2D eigenvalue weighted by Gasteiger charge is -2.32. The number of amides is 3. The highest BCUT2D eigenvalue weighted by Crippen LogP contribution is 2.43. The Morgan fingerprint density at radius 2 is 1.86 bits per heavy atom. The van der Waals surface area contributed by atoms with Crippen molar-refractivity contribution in [2.45, 2.75) is 19.5 Å². The highest BCUT2D eigenvalue weighted by atomic mass is 16.3. The zero-order valence-electron chi connectivity index (χ0n) is 16.2. The van der Waals surface area contributed by atoms with Crippen molar-refractivity contribution in [2.24, 2.45) is 23.7 Å². The van der Waals surface area contributed by atoms with E-state index in [1.807, 2.05) is 49.4 Å². The molecule has 2 aliphatic rings. The lowest BCUT2D eigenvalue weighted by atomic mass is 9.70. The van der Waals surface area contributed by atoms with Gasteiger partial charge in [-0.15, -0.1) is 0 Å². The molecule has 1 aromatic carbocycles. The van der Waals surface area contributed by atoms with Crippen LogP contribution in [0.2, 0.25) is 0 Å². The molecular formula is C21H27N3O4. The molecule has 0 spiro atoms. The first kappa shape index (κ1) is 20.1. The number of likely N-dealkylation sites (tertiary alicyclic amines) is 1. The van der Waals surface area contributed by atoms with Crippen molar-refractivity contribution in [3.05, 3.63) is 48.0 Å². The van der Waals surface area contributed by atoms with Gasteiger partial charge in [0, 0.05) is 26.1 Å². The van der Waals surface area contributed by atoms with Crippen LogP contribution in [0.4, 0.5) is 0 Å². The summed E-state index contributed by atoms with van der Waals surface area (Å²) in [4.78, 5) is 40.0. The summed E-state index contributed by atoms with van der Waals surface area (Å²) in [5, 5.41) is 15.0. The number of rotatable bonds is 6. The summed E-state index contributed by atoms with van der Waals surface area (Å²) in [6.07, 6.45) is 3.80.